The Bertz CT molecular complexity index is 329. The van der Waals surface area contributed by atoms with E-state index in [0.29, 0.717) is 49.0 Å². The van der Waals surface area contributed by atoms with Gasteiger partial charge in [0.1, 0.15) is 5.78 Å². The molecule has 0 radical (unpaired) electrons. The molecule has 3 unspecified atom stereocenters. The number of nitrogens with zero attached hydrogens (tertiary/aromatic N) is 1. The van der Waals surface area contributed by atoms with Gasteiger partial charge < -0.3 is 4.90 Å². The van der Waals surface area contributed by atoms with Crippen LogP contribution in [0.5, 0.6) is 0 Å². The van der Waals surface area contributed by atoms with Crippen molar-refractivity contribution in [1.82, 2.24) is 4.90 Å². The van der Waals surface area contributed by atoms with Crippen molar-refractivity contribution in [2.75, 3.05) is 13.1 Å². The van der Waals surface area contributed by atoms with Gasteiger partial charge in [0, 0.05) is 31.3 Å². The van der Waals surface area contributed by atoms with Crippen LogP contribution in [0.1, 0.15) is 32.6 Å². The largest absolute Gasteiger partial charge is 0.341 e. The number of hydrogen-bond acceptors (Lipinski definition) is 2. The monoisotopic (exact) mass is 221 g/mol. The number of likely N-dealkylation sites (tertiary alicyclic amines) is 1. The Labute approximate surface area is 96.2 Å². The maximum absolute atomic E-state index is 12.2. The van der Waals surface area contributed by atoms with Crippen LogP contribution in [0.4, 0.5) is 0 Å². The van der Waals surface area contributed by atoms with Crippen LogP contribution in [0, 0.1) is 23.7 Å². The van der Waals surface area contributed by atoms with Crippen molar-refractivity contribution >= 4 is 11.7 Å². The number of fused-ring (bicyclic) bond motifs is 1. The minimum atomic E-state index is 0.0521. The van der Waals surface area contributed by atoms with Gasteiger partial charge in [-0.2, -0.15) is 0 Å². The number of ketones is 1. The second-order valence-electron chi connectivity index (χ2n) is 5.69. The predicted octanol–water partition coefficient (Wildman–Crippen LogP) is 1.47. The summed E-state index contributed by atoms with van der Waals surface area (Å²) in [7, 11) is 0. The quantitative estimate of drug-likeness (QED) is 0.672. The Kier molecular flexibility index (Phi) is 2.30. The van der Waals surface area contributed by atoms with Gasteiger partial charge in [0.05, 0.1) is 0 Å². The van der Waals surface area contributed by atoms with Gasteiger partial charge >= 0.3 is 0 Å². The normalized spacial score (nSPS) is 42.1. The summed E-state index contributed by atoms with van der Waals surface area (Å²) in [6, 6.07) is 0. The van der Waals surface area contributed by atoms with E-state index in [-0.39, 0.29) is 5.92 Å². The van der Waals surface area contributed by atoms with Crippen LogP contribution in [-0.4, -0.2) is 29.7 Å². The van der Waals surface area contributed by atoms with Crippen LogP contribution < -0.4 is 0 Å². The molecule has 1 aliphatic heterocycles. The summed E-state index contributed by atoms with van der Waals surface area (Å²) in [5.74, 6) is 2.43. The molecule has 3 heteroatoms. The number of carbonyl (C=O) groups excluding carboxylic acids is 2. The zero-order chi connectivity index (χ0) is 11.3. The fraction of sp³-hybridized carbons (Fsp3) is 0.846. The van der Waals surface area contributed by atoms with E-state index in [4.69, 9.17) is 0 Å². The average molecular weight is 221 g/mol. The zero-order valence-electron chi connectivity index (χ0n) is 9.82. The van der Waals surface area contributed by atoms with Crippen molar-refractivity contribution in [3.63, 3.8) is 0 Å². The molecule has 0 aromatic carbocycles. The average Bonchev–Trinajstić information content (AvgIpc) is 2.74. The molecule has 0 bridgehead atoms. The number of piperidine rings is 1. The number of amides is 1. The van der Waals surface area contributed by atoms with Crippen LogP contribution in [0.2, 0.25) is 0 Å². The summed E-state index contributed by atoms with van der Waals surface area (Å²) in [6.45, 7) is 3.26. The van der Waals surface area contributed by atoms with E-state index in [1.54, 1.807) is 0 Å². The standard InChI is InChI=1S/C13H19NO2/c1-8-7-14(6-5-11(8)15)13(16)12-9-3-2-4-10(9)12/h8-10,12H,2-7H2,1H3. The number of carbonyl (C=O) groups is 2. The van der Waals surface area contributed by atoms with Gasteiger partial charge in [0.15, 0.2) is 0 Å². The molecule has 1 amide bonds. The highest BCUT2D eigenvalue weighted by Crippen LogP contribution is 2.58. The van der Waals surface area contributed by atoms with E-state index in [2.05, 4.69) is 0 Å². The molecule has 16 heavy (non-hydrogen) atoms. The lowest BCUT2D eigenvalue weighted by Gasteiger charge is -2.30. The van der Waals surface area contributed by atoms with E-state index in [0.717, 1.165) is 0 Å². The maximum atomic E-state index is 12.2. The Morgan fingerprint density at radius 2 is 2.00 bits per heavy atom. The number of rotatable bonds is 1. The first-order valence-corrected chi connectivity index (χ1v) is 6.50. The summed E-state index contributed by atoms with van der Waals surface area (Å²) >= 11 is 0. The molecular weight excluding hydrogens is 202 g/mol. The smallest absolute Gasteiger partial charge is 0.226 e. The molecule has 2 aliphatic carbocycles. The van der Waals surface area contributed by atoms with Gasteiger partial charge in [-0.15, -0.1) is 0 Å². The Hall–Kier alpha value is -0.860. The predicted molar refractivity (Wildman–Crippen MR) is 59.7 cm³/mol. The van der Waals surface area contributed by atoms with Crippen LogP contribution >= 0.6 is 0 Å². The summed E-state index contributed by atoms with van der Waals surface area (Å²) in [5, 5.41) is 0. The molecule has 3 nitrogen and oxygen atoms in total. The highest BCUT2D eigenvalue weighted by Gasteiger charge is 2.57. The van der Waals surface area contributed by atoms with Crippen molar-refractivity contribution < 1.29 is 9.59 Å². The molecular formula is C13H19NO2. The molecule has 1 saturated heterocycles. The molecule has 3 atom stereocenters. The van der Waals surface area contributed by atoms with Crippen molar-refractivity contribution in [1.29, 1.82) is 0 Å². The van der Waals surface area contributed by atoms with E-state index >= 15 is 0 Å². The summed E-state index contributed by atoms with van der Waals surface area (Å²) in [6.07, 6.45) is 4.38. The molecule has 3 fully saturated rings. The highest BCUT2D eigenvalue weighted by atomic mass is 16.2. The molecule has 2 saturated carbocycles. The Balaban J connectivity index is 1.62. The first-order chi connectivity index (χ1) is 7.68. The van der Waals surface area contributed by atoms with Crippen LogP contribution in [-0.2, 0) is 9.59 Å². The molecule has 0 spiro atoms. The lowest BCUT2D eigenvalue weighted by molar-refractivity contribution is -0.138. The number of hydrogen-bond donors (Lipinski definition) is 0. The van der Waals surface area contributed by atoms with E-state index < -0.39 is 0 Å². The SMILES string of the molecule is CC1CN(C(=O)C2C3CCCC32)CCC1=O. The lowest BCUT2D eigenvalue weighted by Crippen LogP contribution is -2.44. The first-order valence-electron chi connectivity index (χ1n) is 6.50. The lowest BCUT2D eigenvalue weighted by atomic mass is 9.97. The highest BCUT2D eigenvalue weighted by molar-refractivity contribution is 5.87. The van der Waals surface area contributed by atoms with Gasteiger partial charge in [-0.05, 0) is 24.7 Å². The van der Waals surface area contributed by atoms with Crippen LogP contribution in [0.3, 0.4) is 0 Å². The fourth-order valence-corrected chi connectivity index (χ4v) is 3.61. The molecule has 88 valence electrons. The van der Waals surface area contributed by atoms with Gasteiger partial charge in [-0.25, -0.2) is 0 Å². The van der Waals surface area contributed by atoms with Crippen molar-refractivity contribution in [3.8, 4) is 0 Å². The van der Waals surface area contributed by atoms with Gasteiger partial charge in [0.2, 0.25) is 5.91 Å². The van der Waals surface area contributed by atoms with Gasteiger partial charge in [-0.3, -0.25) is 9.59 Å². The topological polar surface area (TPSA) is 37.4 Å². The molecule has 0 aromatic rings. The molecule has 1 heterocycles. The van der Waals surface area contributed by atoms with Crippen LogP contribution in [0.15, 0.2) is 0 Å². The second-order valence-corrected chi connectivity index (χ2v) is 5.69. The van der Waals surface area contributed by atoms with Crippen molar-refractivity contribution in [2.24, 2.45) is 23.7 Å². The minimum absolute atomic E-state index is 0.0521. The van der Waals surface area contributed by atoms with Crippen molar-refractivity contribution in [2.45, 2.75) is 32.6 Å². The van der Waals surface area contributed by atoms with E-state index in [1.807, 2.05) is 11.8 Å². The third kappa shape index (κ3) is 1.48. The number of Topliss-reactive ketones (excluding diaryl/α,β-unsaturated/α-hetero) is 1. The first kappa shape index (κ1) is 10.3. The molecule has 0 aromatic heterocycles. The molecule has 3 aliphatic rings. The zero-order valence-corrected chi connectivity index (χ0v) is 9.82. The van der Waals surface area contributed by atoms with E-state index in [1.165, 1.54) is 19.3 Å². The second kappa shape index (κ2) is 3.57. The van der Waals surface area contributed by atoms with Gasteiger partial charge in [0.25, 0.3) is 0 Å². The Morgan fingerprint density at radius 1 is 1.31 bits per heavy atom. The maximum Gasteiger partial charge on any atom is 0.226 e. The third-order valence-corrected chi connectivity index (χ3v) is 4.68. The molecule has 0 N–H and O–H groups in total. The van der Waals surface area contributed by atoms with Crippen LogP contribution in [0.25, 0.3) is 0 Å². The summed E-state index contributed by atoms with van der Waals surface area (Å²) in [4.78, 5) is 25.6. The third-order valence-electron chi connectivity index (χ3n) is 4.68. The fourth-order valence-electron chi connectivity index (χ4n) is 3.61. The minimum Gasteiger partial charge on any atom is -0.341 e. The van der Waals surface area contributed by atoms with Gasteiger partial charge in [-0.1, -0.05) is 13.3 Å². The molecule has 3 rings (SSSR count). The summed E-state index contributed by atoms with van der Waals surface area (Å²) < 4.78 is 0. The summed E-state index contributed by atoms with van der Waals surface area (Å²) in [5.41, 5.74) is 0. The van der Waals surface area contributed by atoms with Crippen molar-refractivity contribution in [3.05, 3.63) is 0 Å². The Morgan fingerprint density at radius 3 is 2.62 bits per heavy atom. The van der Waals surface area contributed by atoms with E-state index in [9.17, 15) is 9.59 Å².